The Morgan fingerprint density at radius 1 is 0.915 bits per heavy atom. The topological polar surface area (TPSA) is 81.5 Å². The fraction of sp³-hybridized carbons (Fsp3) is 0.222. The molecule has 6 rings (SSSR count). The molecule has 0 aliphatic carbocycles. The third-order valence-electron chi connectivity index (χ3n) is 8.29. The van der Waals surface area contributed by atoms with E-state index in [9.17, 15) is 27.6 Å². The van der Waals surface area contributed by atoms with E-state index in [1.165, 1.54) is 40.3 Å². The van der Waals surface area contributed by atoms with Crippen LogP contribution < -0.4 is 10.2 Å². The molecule has 0 N–H and O–H groups in total. The number of pyridine rings is 1. The number of rotatable bonds is 7. The zero-order valence-corrected chi connectivity index (χ0v) is 26.2. The summed E-state index contributed by atoms with van der Waals surface area (Å²) < 4.78 is 46.4. The lowest BCUT2D eigenvalue weighted by Gasteiger charge is -2.31. The van der Waals surface area contributed by atoms with Crippen LogP contribution in [0.4, 0.5) is 13.2 Å². The Morgan fingerprint density at radius 2 is 1.60 bits per heavy atom. The number of likely N-dealkylation sites (tertiary alicyclic amines) is 1. The van der Waals surface area contributed by atoms with E-state index in [0.29, 0.717) is 48.3 Å². The Hall–Kier alpha value is -5.03. The minimum Gasteiger partial charge on any atom is -0.483 e. The van der Waals surface area contributed by atoms with Crippen molar-refractivity contribution in [1.82, 2.24) is 14.5 Å². The first kappa shape index (κ1) is 31.9. The molecule has 2 aromatic heterocycles. The highest BCUT2D eigenvalue weighted by atomic mass is 32.1. The number of piperidine rings is 1. The molecule has 0 spiro atoms. The highest BCUT2D eigenvalue weighted by Gasteiger charge is 2.31. The summed E-state index contributed by atoms with van der Waals surface area (Å²) in [5.41, 5.74) is 2.01. The van der Waals surface area contributed by atoms with Crippen LogP contribution in [0.1, 0.15) is 61.4 Å². The summed E-state index contributed by atoms with van der Waals surface area (Å²) in [5.74, 6) is -0.400. The van der Waals surface area contributed by atoms with Gasteiger partial charge in [0.2, 0.25) is 5.43 Å². The standard InChI is InChI=1S/C36H30F3N3O4S/c1-23-32(46-21-24-7-3-2-4-8-24)31(43)17-20-42(23)35(45)30-22-47-33(40-30)26-15-18-41(19-16-26)34(44)29-10-6-5-9-28(29)25-11-13-27(14-12-25)36(37,38)39/h2-14,17,20,22,26H,15-16,18-19,21H2,1H3. The summed E-state index contributed by atoms with van der Waals surface area (Å²) in [6.45, 7) is 2.79. The summed E-state index contributed by atoms with van der Waals surface area (Å²) in [6.07, 6.45) is -1.72. The van der Waals surface area contributed by atoms with E-state index >= 15 is 0 Å². The zero-order valence-electron chi connectivity index (χ0n) is 25.4. The first-order valence-electron chi connectivity index (χ1n) is 15.0. The fourth-order valence-corrected chi connectivity index (χ4v) is 6.66. The van der Waals surface area contributed by atoms with E-state index < -0.39 is 11.7 Å². The molecule has 0 atom stereocenters. The molecule has 1 amide bonds. The van der Waals surface area contributed by atoms with E-state index in [0.717, 1.165) is 22.7 Å². The van der Waals surface area contributed by atoms with Crippen LogP contribution in [0, 0.1) is 6.92 Å². The van der Waals surface area contributed by atoms with Crippen molar-refractivity contribution in [2.75, 3.05) is 13.1 Å². The molecule has 11 heteroatoms. The fourth-order valence-electron chi connectivity index (χ4n) is 5.70. The molecule has 1 saturated heterocycles. The van der Waals surface area contributed by atoms with Crippen molar-refractivity contribution >= 4 is 23.2 Å². The van der Waals surface area contributed by atoms with Crippen LogP contribution in [-0.2, 0) is 12.8 Å². The number of carbonyl (C=O) groups is 2. The van der Waals surface area contributed by atoms with Crippen molar-refractivity contribution in [2.45, 2.75) is 38.5 Å². The van der Waals surface area contributed by atoms with Gasteiger partial charge in [0.1, 0.15) is 12.3 Å². The van der Waals surface area contributed by atoms with Gasteiger partial charge in [-0.05, 0) is 54.7 Å². The minimum absolute atomic E-state index is 0.0515. The number of alkyl halides is 3. The summed E-state index contributed by atoms with van der Waals surface area (Å²) in [4.78, 5) is 46.0. The van der Waals surface area contributed by atoms with Crippen molar-refractivity contribution in [3.8, 4) is 16.9 Å². The number of ether oxygens (including phenoxy) is 1. The lowest BCUT2D eigenvalue weighted by Crippen LogP contribution is -2.38. The number of hydrogen-bond donors (Lipinski definition) is 0. The summed E-state index contributed by atoms with van der Waals surface area (Å²) in [5, 5.41) is 2.50. The maximum absolute atomic E-state index is 13.6. The second kappa shape index (κ2) is 13.4. The molecule has 1 fully saturated rings. The van der Waals surface area contributed by atoms with Crippen LogP contribution in [0.3, 0.4) is 0 Å². The van der Waals surface area contributed by atoms with Gasteiger partial charge >= 0.3 is 6.18 Å². The van der Waals surface area contributed by atoms with Crippen molar-refractivity contribution in [3.63, 3.8) is 0 Å². The largest absolute Gasteiger partial charge is 0.483 e. The molecule has 1 aliphatic heterocycles. The van der Waals surface area contributed by atoms with Crippen molar-refractivity contribution < 1.29 is 27.5 Å². The molecule has 7 nitrogen and oxygen atoms in total. The number of halogens is 3. The summed E-state index contributed by atoms with van der Waals surface area (Å²) >= 11 is 1.39. The summed E-state index contributed by atoms with van der Waals surface area (Å²) in [6, 6.07) is 22.5. The molecule has 240 valence electrons. The molecule has 0 saturated carbocycles. The number of thiazole rings is 1. The maximum Gasteiger partial charge on any atom is 0.416 e. The number of nitrogens with zero attached hydrogens (tertiary/aromatic N) is 3. The molecule has 3 heterocycles. The number of aromatic nitrogens is 2. The summed E-state index contributed by atoms with van der Waals surface area (Å²) in [7, 11) is 0. The van der Waals surface area contributed by atoms with Gasteiger partial charge in [0.15, 0.2) is 5.75 Å². The minimum atomic E-state index is -4.44. The molecule has 5 aromatic rings. The quantitative estimate of drug-likeness (QED) is 0.180. The van der Waals surface area contributed by atoms with Gasteiger partial charge in [0.25, 0.3) is 11.8 Å². The molecule has 47 heavy (non-hydrogen) atoms. The number of benzene rings is 3. The molecular weight excluding hydrogens is 627 g/mol. The normalized spacial score (nSPS) is 13.8. The Bertz CT molecular complexity index is 1960. The average molecular weight is 658 g/mol. The van der Waals surface area contributed by atoms with Gasteiger partial charge in [-0.1, -0.05) is 60.7 Å². The second-order valence-electron chi connectivity index (χ2n) is 11.3. The molecule has 0 radical (unpaired) electrons. The van der Waals surface area contributed by atoms with Crippen LogP contribution in [0.2, 0.25) is 0 Å². The van der Waals surface area contributed by atoms with Gasteiger partial charge in [0.05, 0.1) is 16.3 Å². The number of carbonyl (C=O) groups excluding carboxylic acids is 2. The maximum atomic E-state index is 13.6. The SMILES string of the molecule is Cc1c(OCc2ccccc2)c(=O)ccn1C(=O)c1csc(C2CCN(C(=O)c3ccccc3-c3ccc(C(F)(F)F)cc3)CC2)n1. The lowest BCUT2D eigenvalue weighted by atomic mass is 9.94. The van der Waals surface area contributed by atoms with Crippen LogP contribution >= 0.6 is 11.3 Å². The van der Waals surface area contributed by atoms with E-state index in [-0.39, 0.29) is 41.2 Å². The number of hydrogen-bond acceptors (Lipinski definition) is 6. The third-order valence-corrected chi connectivity index (χ3v) is 9.29. The molecule has 0 unspecified atom stereocenters. The molecule has 1 aliphatic rings. The van der Waals surface area contributed by atoms with Crippen LogP contribution in [-0.4, -0.2) is 39.4 Å². The third kappa shape index (κ3) is 6.90. The van der Waals surface area contributed by atoms with E-state index in [1.54, 1.807) is 41.5 Å². The molecule has 3 aromatic carbocycles. The second-order valence-corrected chi connectivity index (χ2v) is 12.2. The Morgan fingerprint density at radius 3 is 2.30 bits per heavy atom. The predicted octanol–water partition coefficient (Wildman–Crippen LogP) is 7.59. The Balaban J connectivity index is 1.12. The van der Waals surface area contributed by atoms with Crippen LogP contribution in [0.15, 0.2) is 101 Å². The van der Waals surface area contributed by atoms with E-state index in [4.69, 9.17) is 4.74 Å². The van der Waals surface area contributed by atoms with Crippen LogP contribution in [0.5, 0.6) is 5.75 Å². The highest BCUT2D eigenvalue weighted by Crippen LogP contribution is 2.34. The van der Waals surface area contributed by atoms with Crippen molar-refractivity contribution in [1.29, 1.82) is 0 Å². The van der Waals surface area contributed by atoms with Crippen molar-refractivity contribution in [2.24, 2.45) is 0 Å². The zero-order chi connectivity index (χ0) is 33.1. The Labute approximate surface area is 272 Å². The smallest absolute Gasteiger partial charge is 0.416 e. The first-order chi connectivity index (χ1) is 22.6. The van der Waals surface area contributed by atoms with Gasteiger partial charge in [0, 0.05) is 42.2 Å². The molecule has 0 bridgehead atoms. The van der Waals surface area contributed by atoms with Gasteiger partial charge in [-0.2, -0.15) is 13.2 Å². The van der Waals surface area contributed by atoms with Gasteiger partial charge in [-0.25, -0.2) is 4.98 Å². The monoisotopic (exact) mass is 657 g/mol. The Kier molecular flexibility index (Phi) is 9.08. The van der Waals surface area contributed by atoms with Crippen molar-refractivity contribution in [3.05, 3.63) is 140 Å². The van der Waals surface area contributed by atoms with Gasteiger partial charge < -0.3 is 9.64 Å². The highest BCUT2D eigenvalue weighted by molar-refractivity contribution is 7.09. The van der Waals surface area contributed by atoms with Gasteiger partial charge in [-0.3, -0.25) is 19.0 Å². The van der Waals surface area contributed by atoms with Crippen LogP contribution in [0.25, 0.3) is 11.1 Å². The first-order valence-corrected chi connectivity index (χ1v) is 15.9. The van der Waals surface area contributed by atoms with E-state index in [2.05, 4.69) is 4.98 Å². The molecular formula is C36H30F3N3O4S. The predicted molar refractivity (Wildman–Crippen MR) is 173 cm³/mol. The van der Waals surface area contributed by atoms with E-state index in [1.807, 2.05) is 30.3 Å². The van der Waals surface area contributed by atoms with Gasteiger partial charge in [-0.15, -0.1) is 11.3 Å². The lowest BCUT2D eigenvalue weighted by molar-refractivity contribution is -0.137. The number of amides is 1. The average Bonchev–Trinajstić information content (AvgIpc) is 3.58.